The zero-order chi connectivity index (χ0) is 36.4. The van der Waals surface area contributed by atoms with Gasteiger partial charge in [-0.05, 0) is 86.6 Å². The maximum absolute atomic E-state index is 13.5. The van der Waals surface area contributed by atoms with Gasteiger partial charge in [-0.2, -0.15) is 0 Å². The molecule has 4 aromatic rings. The van der Waals surface area contributed by atoms with Crippen molar-refractivity contribution < 1.29 is 35.9 Å². The van der Waals surface area contributed by atoms with Crippen LogP contribution in [0.2, 0.25) is 0 Å². The summed E-state index contributed by atoms with van der Waals surface area (Å²) in [5, 5.41) is 2.86. The second-order valence-corrected chi connectivity index (χ2v) is 14.9. The van der Waals surface area contributed by atoms with Gasteiger partial charge in [-0.1, -0.05) is 24.3 Å². The smallest absolute Gasteiger partial charge is 0.261 e. The van der Waals surface area contributed by atoms with Gasteiger partial charge in [0.05, 0.1) is 45.5 Å². The molecule has 51 heavy (non-hydrogen) atoms. The van der Waals surface area contributed by atoms with Gasteiger partial charge in [-0.15, -0.1) is 0 Å². The zero-order valence-electron chi connectivity index (χ0n) is 28.4. The van der Waals surface area contributed by atoms with Crippen molar-refractivity contribution in [2.24, 2.45) is 0 Å². The van der Waals surface area contributed by atoms with Gasteiger partial charge in [0.25, 0.3) is 31.9 Å². The van der Waals surface area contributed by atoms with Crippen molar-refractivity contribution in [3.05, 3.63) is 108 Å². The van der Waals surface area contributed by atoms with Crippen LogP contribution in [0.1, 0.15) is 34.6 Å². The largest absolute Gasteiger partial charge is 0.494 e. The summed E-state index contributed by atoms with van der Waals surface area (Å²) in [7, 11) is -7.93. The highest BCUT2D eigenvalue weighted by Crippen LogP contribution is 2.25. The van der Waals surface area contributed by atoms with Crippen molar-refractivity contribution >= 4 is 43.2 Å². The van der Waals surface area contributed by atoms with Crippen LogP contribution in [-0.2, 0) is 20.0 Å². The standard InChI is InChI=1S/C36H41N5O8S2/c1-3-48-27-13-17-29(18-14-27)50(44,45)38-33-11-7-5-9-31(33)35(42)37-21-22-40-23-25-41(26-24-40)36(43)32-10-6-8-12-34(32)39-51(46,47)30-19-15-28(16-20-30)49-4-2/h5-20,38-39H,3-4,21-26H2,1-2H3,(H,37,42). The number of ether oxygens (including phenoxy) is 2. The van der Waals surface area contributed by atoms with E-state index in [1.54, 1.807) is 71.6 Å². The molecule has 13 nitrogen and oxygen atoms in total. The topological polar surface area (TPSA) is 163 Å². The third-order valence-corrected chi connectivity index (χ3v) is 10.8. The molecule has 0 radical (unpaired) electrons. The van der Waals surface area contributed by atoms with E-state index in [0.29, 0.717) is 64.0 Å². The molecule has 270 valence electrons. The number of piperazine rings is 1. The van der Waals surface area contributed by atoms with E-state index in [2.05, 4.69) is 19.7 Å². The van der Waals surface area contributed by atoms with Gasteiger partial charge >= 0.3 is 0 Å². The fourth-order valence-corrected chi connectivity index (χ4v) is 7.63. The summed E-state index contributed by atoms with van der Waals surface area (Å²) in [6.45, 7) is 7.29. The molecule has 1 aliphatic heterocycles. The van der Waals surface area contributed by atoms with Crippen molar-refractivity contribution in [2.45, 2.75) is 23.6 Å². The van der Waals surface area contributed by atoms with Crippen LogP contribution in [0.15, 0.2) is 107 Å². The molecule has 0 unspecified atom stereocenters. The third-order valence-electron chi connectivity index (χ3n) is 8.08. The molecule has 0 spiro atoms. The Labute approximate surface area is 298 Å². The lowest BCUT2D eigenvalue weighted by Gasteiger charge is -2.35. The average Bonchev–Trinajstić information content (AvgIpc) is 3.12. The fraction of sp³-hybridized carbons (Fsp3) is 0.278. The number of nitrogens with zero attached hydrogens (tertiary/aromatic N) is 2. The van der Waals surface area contributed by atoms with Crippen LogP contribution in [0.5, 0.6) is 11.5 Å². The summed E-state index contributed by atoms with van der Waals surface area (Å²) >= 11 is 0. The molecule has 1 saturated heterocycles. The number of rotatable bonds is 15. The molecule has 0 saturated carbocycles. The molecule has 0 aromatic heterocycles. The third kappa shape index (κ3) is 9.57. The van der Waals surface area contributed by atoms with Crippen molar-refractivity contribution in [1.82, 2.24) is 15.1 Å². The number of amides is 2. The lowest BCUT2D eigenvalue weighted by atomic mass is 10.1. The Morgan fingerprint density at radius 3 is 1.57 bits per heavy atom. The molecule has 3 N–H and O–H groups in total. The van der Waals surface area contributed by atoms with Gasteiger partial charge in [0.2, 0.25) is 0 Å². The first-order valence-electron chi connectivity index (χ1n) is 16.5. The van der Waals surface area contributed by atoms with E-state index in [0.717, 1.165) is 0 Å². The van der Waals surface area contributed by atoms with Gasteiger partial charge in [-0.25, -0.2) is 16.8 Å². The highest BCUT2D eigenvalue weighted by molar-refractivity contribution is 7.93. The van der Waals surface area contributed by atoms with Crippen LogP contribution in [0.4, 0.5) is 11.4 Å². The maximum atomic E-state index is 13.5. The van der Waals surface area contributed by atoms with Gasteiger partial charge < -0.3 is 19.7 Å². The highest BCUT2D eigenvalue weighted by Gasteiger charge is 2.26. The number of carbonyl (C=O) groups excluding carboxylic acids is 2. The molecular weight excluding hydrogens is 695 g/mol. The number of nitrogens with one attached hydrogen (secondary N) is 3. The van der Waals surface area contributed by atoms with E-state index in [-0.39, 0.29) is 38.2 Å². The van der Waals surface area contributed by atoms with Crippen LogP contribution in [0.25, 0.3) is 0 Å². The summed E-state index contributed by atoms with van der Waals surface area (Å²) in [6, 6.07) is 24.9. The SMILES string of the molecule is CCOc1ccc(S(=O)(=O)Nc2ccccc2C(=O)NCCN2CCN(C(=O)c3ccccc3NS(=O)(=O)c3ccc(OCC)cc3)CC2)cc1. The van der Waals surface area contributed by atoms with Crippen LogP contribution < -0.4 is 24.2 Å². The van der Waals surface area contributed by atoms with Gasteiger partial charge in [0, 0.05) is 39.3 Å². The fourth-order valence-electron chi connectivity index (χ4n) is 5.47. The normalized spacial score (nSPS) is 13.6. The van der Waals surface area contributed by atoms with Gasteiger partial charge in [0.15, 0.2) is 0 Å². The number of para-hydroxylation sites is 2. The van der Waals surface area contributed by atoms with Crippen LogP contribution >= 0.6 is 0 Å². The Balaban J connectivity index is 1.13. The molecule has 1 fully saturated rings. The predicted molar refractivity (Wildman–Crippen MR) is 194 cm³/mol. The van der Waals surface area contributed by atoms with Crippen molar-refractivity contribution in [3.8, 4) is 11.5 Å². The average molecular weight is 736 g/mol. The second-order valence-electron chi connectivity index (χ2n) is 11.5. The summed E-state index contributed by atoms with van der Waals surface area (Å²) in [5.74, 6) is 0.382. The van der Waals surface area contributed by atoms with Gasteiger partial charge in [0.1, 0.15) is 11.5 Å². The molecule has 15 heteroatoms. The number of sulfonamides is 2. The van der Waals surface area contributed by atoms with E-state index < -0.39 is 26.0 Å². The molecule has 4 aromatic carbocycles. The molecule has 0 atom stereocenters. The lowest BCUT2D eigenvalue weighted by Crippen LogP contribution is -2.50. The highest BCUT2D eigenvalue weighted by atomic mass is 32.2. The Bertz CT molecular complexity index is 2030. The maximum Gasteiger partial charge on any atom is 0.261 e. The summed E-state index contributed by atoms with van der Waals surface area (Å²) < 4.78 is 68.2. The Morgan fingerprint density at radius 1 is 0.627 bits per heavy atom. The second kappa shape index (κ2) is 16.7. The van der Waals surface area contributed by atoms with Gasteiger partial charge in [-0.3, -0.25) is 23.9 Å². The van der Waals surface area contributed by atoms with E-state index in [4.69, 9.17) is 9.47 Å². The lowest BCUT2D eigenvalue weighted by molar-refractivity contribution is 0.0639. The molecule has 1 aliphatic rings. The van der Waals surface area contributed by atoms with E-state index in [1.165, 1.54) is 30.3 Å². The first-order chi connectivity index (χ1) is 24.5. The summed E-state index contributed by atoms with van der Waals surface area (Å²) in [5.41, 5.74) is 0.755. The number of hydrogen-bond acceptors (Lipinski definition) is 9. The van der Waals surface area contributed by atoms with Crippen molar-refractivity contribution in [1.29, 1.82) is 0 Å². The first-order valence-corrected chi connectivity index (χ1v) is 19.5. The molecule has 1 heterocycles. The Hall–Kier alpha value is -5.12. The van der Waals surface area contributed by atoms with Crippen LogP contribution in [0.3, 0.4) is 0 Å². The van der Waals surface area contributed by atoms with E-state index >= 15 is 0 Å². The number of hydrogen-bond donors (Lipinski definition) is 3. The molecule has 0 bridgehead atoms. The molecule has 5 rings (SSSR count). The Kier molecular flexibility index (Phi) is 12.2. The number of anilines is 2. The molecule has 2 amide bonds. The number of benzene rings is 4. The van der Waals surface area contributed by atoms with Crippen molar-refractivity contribution in [2.75, 3.05) is 61.9 Å². The van der Waals surface area contributed by atoms with E-state index in [9.17, 15) is 26.4 Å². The summed E-state index contributed by atoms with van der Waals surface area (Å²) in [6.07, 6.45) is 0. The quantitative estimate of drug-likeness (QED) is 0.162. The van der Waals surface area contributed by atoms with E-state index in [1.807, 2.05) is 13.8 Å². The monoisotopic (exact) mass is 735 g/mol. The zero-order valence-corrected chi connectivity index (χ0v) is 30.0. The van der Waals surface area contributed by atoms with Crippen molar-refractivity contribution in [3.63, 3.8) is 0 Å². The minimum Gasteiger partial charge on any atom is -0.494 e. The number of carbonyl (C=O) groups is 2. The van der Waals surface area contributed by atoms with Crippen LogP contribution in [-0.4, -0.2) is 90.9 Å². The minimum atomic E-state index is -3.96. The summed E-state index contributed by atoms with van der Waals surface area (Å²) in [4.78, 5) is 30.5. The predicted octanol–water partition coefficient (Wildman–Crippen LogP) is 4.27. The van der Waals surface area contributed by atoms with Crippen LogP contribution in [0, 0.1) is 0 Å². The molecular formula is C36H41N5O8S2. The first kappa shape index (κ1) is 37.1. The Morgan fingerprint density at radius 2 is 1.08 bits per heavy atom. The molecule has 0 aliphatic carbocycles. The minimum absolute atomic E-state index is 0.0347.